The van der Waals surface area contributed by atoms with Gasteiger partial charge in [-0.15, -0.1) is 0 Å². The minimum Gasteiger partial charge on any atom is -0.545 e. The van der Waals surface area contributed by atoms with E-state index in [0.29, 0.717) is 10.9 Å². The summed E-state index contributed by atoms with van der Waals surface area (Å²) in [6.45, 7) is -0.318. The molecule has 1 fully saturated rings. The monoisotopic (exact) mass is 305 g/mol. The number of aromatic carboxylic acids is 1. The molecule has 1 saturated heterocycles. The van der Waals surface area contributed by atoms with Crippen molar-refractivity contribution in [2.24, 2.45) is 0 Å². The van der Waals surface area contributed by atoms with Gasteiger partial charge in [-0.25, -0.2) is 4.79 Å². The van der Waals surface area contributed by atoms with Crippen molar-refractivity contribution in [2.75, 3.05) is 6.61 Å². The summed E-state index contributed by atoms with van der Waals surface area (Å²) in [6, 6.07) is 6.06. The van der Waals surface area contributed by atoms with Crippen LogP contribution in [0.25, 0.3) is 11.0 Å². The molecule has 2 aromatic rings. The van der Waals surface area contributed by atoms with Gasteiger partial charge in [0.2, 0.25) is 0 Å². The smallest absolute Gasteiger partial charge is 0.345 e. The van der Waals surface area contributed by atoms with Crippen LogP contribution in [-0.2, 0) is 4.74 Å². The molecule has 3 rings (SSSR count). The van der Waals surface area contributed by atoms with E-state index in [-0.39, 0.29) is 18.6 Å². The second-order valence-corrected chi connectivity index (χ2v) is 5.14. The summed E-state index contributed by atoms with van der Waals surface area (Å²) >= 11 is 0. The maximum absolute atomic E-state index is 11.6. The third-order valence-corrected chi connectivity index (χ3v) is 3.78. The highest BCUT2D eigenvalue weighted by Gasteiger charge is 2.35. The third kappa shape index (κ3) is 2.39. The Bertz CT molecular complexity index is 779. The zero-order valence-corrected chi connectivity index (χ0v) is 11.4. The molecule has 7 nitrogen and oxygen atoms in total. The first kappa shape index (κ1) is 14.7. The van der Waals surface area contributed by atoms with E-state index in [1.54, 1.807) is 12.1 Å². The fourth-order valence-electron chi connectivity index (χ4n) is 2.68. The molecule has 0 bridgehead atoms. The molecule has 116 valence electrons. The van der Waals surface area contributed by atoms with Gasteiger partial charge in [-0.05, 0) is 17.7 Å². The Morgan fingerprint density at radius 1 is 1.41 bits per heavy atom. The average molecular weight is 305 g/mol. The first-order chi connectivity index (χ1) is 10.5. The van der Waals surface area contributed by atoms with Gasteiger partial charge in [0.05, 0.1) is 30.3 Å². The fourth-order valence-corrected chi connectivity index (χ4v) is 2.68. The summed E-state index contributed by atoms with van der Waals surface area (Å²) in [4.78, 5) is 22.5. The third-order valence-electron chi connectivity index (χ3n) is 3.78. The van der Waals surface area contributed by atoms with E-state index in [1.165, 1.54) is 12.1 Å². The molecule has 22 heavy (non-hydrogen) atoms. The van der Waals surface area contributed by atoms with Gasteiger partial charge in [-0.3, -0.25) is 0 Å². The molecule has 1 aromatic heterocycles. The van der Waals surface area contributed by atoms with Crippen LogP contribution < -0.4 is 10.7 Å². The van der Waals surface area contributed by atoms with Crippen LogP contribution in [0.2, 0.25) is 0 Å². The van der Waals surface area contributed by atoms with Crippen LogP contribution in [0.3, 0.4) is 0 Å². The lowest BCUT2D eigenvalue weighted by Crippen LogP contribution is -2.28. The highest BCUT2D eigenvalue weighted by molar-refractivity contribution is 5.91. The average Bonchev–Trinajstić information content (AvgIpc) is 2.86. The Morgan fingerprint density at radius 2 is 2.18 bits per heavy atom. The fraction of sp³-hybridized carbons (Fsp3) is 0.333. The zero-order valence-electron chi connectivity index (χ0n) is 11.4. The molecule has 3 atom stereocenters. The van der Waals surface area contributed by atoms with Gasteiger partial charge in [0.15, 0.2) is 0 Å². The van der Waals surface area contributed by atoms with E-state index in [0.717, 1.165) is 0 Å². The number of aliphatic hydroxyl groups is 2. The van der Waals surface area contributed by atoms with Gasteiger partial charge in [0, 0.05) is 11.8 Å². The van der Waals surface area contributed by atoms with Crippen molar-refractivity contribution >= 4 is 16.9 Å². The van der Waals surface area contributed by atoms with Crippen LogP contribution >= 0.6 is 0 Å². The Labute approximate surface area is 124 Å². The number of hydrogen-bond acceptors (Lipinski definition) is 7. The number of fused-ring (bicyclic) bond motifs is 1. The second kappa shape index (κ2) is 5.53. The van der Waals surface area contributed by atoms with Crippen molar-refractivity contribution in [3.05, 3.63) is 45.8 Å². The number of carbonyl (C=O) groups excluding carboxylic acids is 1. The lowest BCUT2D eigenvalue weighted by Gasteiger charge is -2.14. The lowest BCUT2D eigenvalue weighted by atomic mass is 10.00. The van der Waals surface area contributed by atoms with E-state index in [4.69, 9.17) is 14.3 Å². The number of carboxylic acid groups (broad SMARTS) is 1. The number of ether oxygens (including phenoxy) is 1. The molecule has 2 N–H and O–H groups in total. The molecular formula is C15H13O7-. The Morgan fingerprint density at radius 3 is 2.82 bits per heavy atom. The van der Waals surface area contributed by atoms with Gasteiger partial charge in [-0.2, -0.15) is 0 Å². The SMILES string of the molecule is O=C([O-])c1cc2c([C@H]3CC(O)[C@@H](CO)O3)cccc2oc1=O. The molecule has 0 amide bonds. The maximum atomic E-state index is 11.6. The van der Waals surface area contributed by atoms with Crippen molar-refractivity contribution in [2.45, 2.75) is 24.7 Å². The zero-order chi connectivity index (χ0) is 15.9. The Balaban J connectivity index is 2.12. The highest BCUT2D eigenvalue weighted by Crippen LogP contribution is 2.36. The number of carboxylic acids is 1. The molecule has 1 aliphatic rings. The molecular weight excluding hydrogens is 292 g/mol. The second-order valence-electron chi connectivity index (χ2n) is 5.14. The predicted molar refractivity (Wildman–Crippen MR) is 72.1 cm³/mol. The van der Waals surface area contributed by atoms with Gasteiger partial charge < -0.3 is 29.3 Å². The maximum Gasteiger partial charge on any atom is 0.345 e. The molecule has 1 aliphatic heterocycles. The molecule has 0 spiro atoms. The lowest BCUT2D eigenvalue weighted by molar-refractivity contribution is -0.255. The summed E-state index contributed by atoms with van der Waals surface area (Å²) < 4.78 is 10.6. The first-order valence-electron chi connectivity index (χ1n) is 6.73. The predicted octanol–water partition coefficient (Wildman–Crippen LogP) is -0.660. The summed E-state index contributed by atoms with van der Waals surface area (Å²) in [5.41, 5.74) is -0.751. The summed E-state index contributed by atoms with van der Waals surface area (Å²) in [5.74, 6) is -1.62. The number of carbonyl (C=O) groups is 1. The Kier molecular flexibility index (Phi) is 3.69. The standard InChI is InChI=1S/C15H14O7/c16-6-13-10(17)5-12(21-13)7-2-1-3-11-8(7)4-9(14(18)19)15(20)22-11/h1-4,10,12-13,16-17H,5-6H2,(H,18,19)/p-1/t10?,12-,13-/m1/s1. The summed E-state index contributed by atoms with van der Waals surface area (Å²) in [6.07, 6.45) is -1.79. The van der Waals surface area contributed by atoms with Crippen molar-refractivity contribution in [1.82, 2.24) is 0 Å². The number of benzene rings is 1. The van der Waals surface area contributed by atoms with E-state index in [1.807, 2.05) is 0 Å². The van der Waals surface area contributed by atoms with Crippen LogP contribution in [0.4, 0.5) is 0 Å². The van der Waals surface area contributed by atoms with Crippen LogP contribution in [0.5, 0.6) is 0 Å². The van der Waals surface area contributed by atoms with Crippen LogP contribution in [-0.4, -0.2) is 35.0 Å². The van der Waals surface area contributed by atoms with Gasteiger partial charge in [0.25, 0.3) is 0 Å². The minimum absolute atomic E-state index is 0.220. The van der Waals surface area contributed by atoms with Gasteiger partial charge in [0.1, 0.15) is 11.7 Å². The van der Waals surface area contributed by atoms with Crippen molar-refractivity contribution < 1.29 is 29.3 Å². The number of aliphatic hydroxyl groups excluding tert-OH is 2. The largest absolute Gasteiger partial charge is 0.545 e. The molecule has 1 unspecified atom stereocenters. The van der Waals surface area contributed by atoms with Crippen molar-refractivity contribution in [3.8, 4) is 0 Å². The summed E-state index contributed by atoms with van der Waals surface area (Å²) in [7, 11) is 0. The Hall–Kier alpha value is -2.22. The quantitative estimate of drug-likeness (QED) is 0.722. The van der Waals surface area contributed by atoms with E-state index >= 15 is 0 Å². The molecule has 0 radical (unpaired) electrons. The van der Waals surface area contributed by atoms with E-state index in [9.17, 15) is 19.8 Å². The van der Waals surface area contributed by atoms with Crippen LogP contribution in [0.1, 0.15) is 28.4 Å². The van der Waals surface area contributed by atoms with E-state index < -0.39 is 35.5 Å². The number of hydrogen-bond donors (Lipinski definition) is 2. The minimum atomic E-state index is -1.62. The molecule has 7 heteroatoms. The molecule has 1 aromatic carbocycles. The van der Waals surface area contributed by atoms with E-state index in [2.05, 4.69) is 0 Å². The summed E-state index contributed by atoms with van der Waals surface area (Å²) in [5, 5.41) is 30.3. The molecule has 0 saturated carbocycles. The van der Waals surface area contributed by atoms with Crippen molar-refractivity contribution in [3.63, 3.8) is 0 Å². The number of rotatable bonds is 3. The highest BCUT2D eigenvalue weighted by atomic mass is 16.5. The van der Waals surface area contributed by atoms with Gasteiger partial charge >= 0.3 is 5.63 Å². The topological polar surface area (TPSA) is 120 Å². The van der Waals surface area contributed by atoms with Crippen LogP contribution in [0.15, 0.2) is 33.5 Å². The normalized spacial score (nSPS) is 24.7. The van der Waals surface area contributed by atoms with Crippen molar-refractivity contribution in [1.29, 1.82) is 0 Å². The van der Waals surface area contributed by atoms with Gasteiger partial charge in [-0.1, -0.05) is 12.1 Å². The van der Waals surface area contributed by atoms with Crippen LogP contribution in [0, 0.1) is 0 Å². The molecule has 2 heterocycles. The molecule has 0 aliphatic carbocycles. The first-order valence-corrected chi connectivity index (χ1v) is 6.73.